The van der Waals surface area contributed by atoms with Crippen molar-refractivity contribution in [1.29, 1.82) is 0 Å². The quantitative estimate of drug-likeness (QED) is 0.459. The number of benzene rings is 2. The SMILES string of the molecule is Cc1ccc(CSc2nnc(NCC(=O)c3ccc4c(c3)OCCO4)s2)cc1. The molecule has 1 aliphatic rings. The van der Waals surface area contributed by atoms with Crippen molar-refractivity contribution in [2.45, 2.75) is 17.0 Å². The molecule has 8 heteroatoms. The van der Waals surface area contributed by atoms with Gasteiger partial charge in [0.25, 0.3) is 0 Å². The maximum Gasteiger partial charge on any atom is 0.206 e. The van der Waals surface area contributed by atoms with Crippen molar-refractivity contribution in [1.82, 2.24) is 10.2 Å². The van der Waals surface area contributed by atoms with E-state index in [1.165, 1.54) is 22.5 Å². The lowest BCUT2D eigenvalue weighted by Gasteiger charge is -2.18. The minimum atomic E-state index is -0.0407. The molecule has 0 bridgehead atoms. The molecule has 2 heterocycles. The number of carbonyl (C=O) groups excluding carboxylic acids is 1. The van der Waals surface area contributed by atoms with Crippen LogP contribution in [0.5, 0.6) is 11.5 Å². The Balaban J connectivity index is 1.30. The van der Waals surface area contributed by atoms with Crippen molar-refractivity contribution in [2.75, 3.05) is 25.1 Å². The number of aromatic nitrogens is 2. The van der Waals surface area contributed by atoms with Crippen LogP contribution in [-0.2, 0) is 5.75 Å². The van der Waals surface area contributed by atoms with Gasteiger partial charge in [0, 0.05) is 11.3 Å². The zero-order valence-corrected chi connectivity index (χ0v) is 16.9. The van der Waals surface area contributed by atoms with Crippen LogP contribution in [0.25, 0.3) is 0 Å². The smallest absolute Gasteiger partial charge is 0.206 e. The fraction of sp³-hybridized carbons (Fsp3) is 0.250. The van der Waals surface area contributed by atoms with Gasteiger partial charge in [0.1, 0.15) is 13.2 Å². The normalized spacial score (nSPS) is 12.6. The molecule has 1 N–H and O–H groups in total. The summed E-state index contributed by atoms with van der Waals surface area (Å²) in [7, 11) is 0. The number of rotatable bonds is 7. The second kappa shape index (κ2) is 8.62. The van der Waals surface area contributed by atoms with Gasteiger partial charge in [0.2, 0.25) is 5.13 Å². The summed E-state index contributed by atoms with van der Waals surface area (Å²) in [6.45, 7) is 3.25. The average molecular weight is 414 g/mol. The summed E-state index contributed by atoms with van der Waals surface area (Å²) in [6, 6.07) is 13.7. The van der Waals surface area contributed by atoms with Crippen molar-refractivity contribution in [3.63, 3.8) is 0 Å². The molecular weight excluding hydrogens is 394 g/mol. The van der Waals surface area contributed by atoms with Crippen molar-refractivity contribution in [3.05, 3.63) is 59.2 Å². The van der Waals surface area contributed by atoms with Crippen LogP contribution >= 0.6 is 23.1 Å². The molecule has 0 spiro atoms. The second-order valence-electron chi connectivity index (χ2n) is 6.28. The van der Waals surface area contributed by atoms with Crippen LogP contribution in [0.15, 0.2) is 46.8 Å². The molecule has 0 fully saturated rings. The topological polar surface area (TPSA) is 73.3 Å². The Morgan fingerprint density at radius 2 is 1.89 bits per heavy atom. The molecular formula is C20H19N3O3S2. The molecule has 0 amide bonds. The number of ether oxygens (including phenoxy) is 2. The van der Waals surface area contributed by atoms with Crippen LogP contribution in [0.4, 0.5) is 5.13 Å². The van der Waals surface area contributed by atoms with Crippen LogP contribution in [-0.4, -0.2) is 35.7 Å². The van der Waals surface area contributed by atoms with E-state index >= 15 is 0 Å². The van der Waals surface area contributed by atoms with Gasteiger partial charge in [-0.2, -0.15) is 0 Å². The Morgan fingerprint density at radius 3 is 2.71 bits per heavy atom. The van der Waals surface area contributed by atoms with Gasteiger partial charge in [0.05, 0.1) is 6.54 Å². The van der Waals surface area contributed by atoms with Crippen molar-refractivity contribution >= 4 is 34.0 Å². The van der Waals surface area contributed by atoms with Crippen molar-refractivity contribution in [2.24, 2.45) is 0 Å². The van der Waals surface area contributed by atoms with Crippen LogP contribution in [0, 0.1) is 6.92 Å². The van der Waals surface area contributed by atoms with Gasteiger partial charge in [-0.15, -0.1) is 10.2 Å². The lowest BCUT2D eigenvalue weighted by atomic mass is 10.1. The molecule has 1 aliphatic heterocycles. The first-order valence-electron chi connectivity index (χ1n) is 8.86. The summed E-state index contributed by atoms with van der Waals surface area (Å²) in [6.07, 6.45) is 0. The highest BCUT2D eigenvalue weighted by Gasteiger charge is 2.15. The number of nitrogens with one attached hydrogen (secondary N) is 1. The third-order valence-corrected chi connectivity index (χ3v) is 6.24. The van der Waals surface area contributed by atoms with Gasteiger partial charge >= 0.3 is 0 Å². The number of anilines is 1. The first-order chi connectivity index (χ1) is 13.7. The Bertz CT molecular complexity index is 973. The van der Waals surface area contributed by atoms with E-state index < -0.39 is 0 Å². The van der Waals surface area contributed by atoms with E-state index in [1.807, 2.05) is 0 Å². The van der Waals surface area contributed by atoms with E-state index in [0.29, 0.717) is 35.4 Å². The summed E-state index contributed by atoms with van der Waals surface area (Å²) >= 11 is 3.08. The predicted molar refractivity (Wildman–Crippen MR) is 111 cm³/mol. The van der Waals surface area contributed by atoms with E-state index in [1.54, 1.807) is 30.0 Å². The van der Waals surface area contributed by atoms with Crippen molar-refractivity contribution in [3.8, 4) is 11.5 Å². The summed E-state index contributed by atoms with van der Waals surface area (Å²) < 4.78 is 11.9. The molecule has 0 radical (unpaired) electrons. The third kappa shape index (κ3) is 4.63. The van der Waals surface area contributed by atoms with E-state index in [9.17, 15) is 4.79 Å². The standard InChI is InChI=1S/C20H19N3O3S2/c1-13-2-4-14(5-3-13)12-27-20-23-22-19(28-20)21-11-16(24)15-6-7-17-18(10-15)26-9-8-25-17/h2-7,10H,8-9,11-12H2,1H3,(H,21,22). The molecule has 0 atom stereocenters. The highest BCUT2D eigenvalue weighted by molar-refractivity contribution is 8.00. The largest absolute Gasteiger partial charge is 0.486 e. The van der Waals surface area contributed by atoms with Crippen LogP contribution in [0.2, 0.25) is 0 Å². The highest BCUT2D eigenvalue weighted by atomic mass is 32.2. The van der Waals surface area contributed by atoms with E-state index in [-0.39, 0.29) is 12.3 Å². The molecule has 0 aliphatic carbocycles. The minimum absolute atomic E-state index is 0.0407. The first-order valence-corrected chi connectivity index (χ1v) is 10.7. The summed E-state index contributed by atoms with van der Waals surface area (Å²) in [5, 5.41) is 12.0. The number of nitrogens with zero attached hydrogens (tertiary/aromatic N) is 2. The zero-order chi connectivity index (χ0) is 19.3. The first kappa shape index (κ1) is 18.8. The van der Waals surface area contributed by atoms with Gasteiger partial charge in [-0.3, -0.25) is 4.79 Å². The van der Waals surface area contributed by atoms with Crippen LogP contribution in [0.3, 0.4) is 0 Å². The van der Waals surface area contributed by atoms with Gasteiger partial charge in [-0.25, -0.2) is 0 Å². The summed E-state index contributed by atoms with van der Waals surface area (Å²) in [5.41, 5.74) is 3.07. The monoisotopic (exact) mass is 413 g/mol. The van der Waals surface area contributed by atoms with E-state index in [0.717, 1.165) is 10.1 Å². The van der Waals surface area contributed by atoms with Gasteiger partial charge < -0.3 is 14.8 Å². The zero-order valence-electron chi connectivity index (χ0n) is 15.3. The number of thioether (sulfide) groups is 1. The molecule has 0 unspecified atom stereocenters. The number of carbonyl (C=O) groups is 1. The molecule has 0 saturated heterocycles. The number of fused-ring (bicyclic) bond motifs is 1. The lowest BCUT2D eigenvalue weighted by molar-refractivity contribution is 0.100. The minimum Gasteiger partial charge on any atom is -0.486 e. The fourth-order valence-electron chi connectivity index (χ4n) is 2.64. The van der Waals surface area contributed by atoms with Crippen molar-refractivity contribution < 1.29 is 14.3 Å². The molecule has 6 nitrogen and oxygen atoms in total. The molecule has 1 aromatic heterocycles. The van der Waals surface area contributed by atoms with E-state index in [4.69, 9.17) is 9.47 Å². The molecule has 144 valence electrons. The molecule has 4 rings (SSSR count). The number of ketones is 1. The molecule has 28 heavy (non-hydrogen) atoms. The van der Waals surface area contributed by atoms with Crippen LogP contribution in [0.1, 0.15) is 21.5 Å². The Morgan fingerprint density at radius 1 is 1.11 bits per heavy atom. The predicted octanol–water partition coefficient (Wildman–Crippen LogP) is 4.20. The number of aryl methyl sites for hydroxylation is 1. The van der Waals surface area contributed by atoms with Gasteiger partial charge in [-0.1, -0.05) is 52.9 Å². The Hall–Kier alpha value is -2.58. The molecule has 3 aromatic rings. The average Bonchev–Trinajstić information content (AvgIpc) is 3.19. The van der Waals surface area contributed by atoms with E-state index in [2.05, 4.69) is 46.7 Å². The summed E-state index contributed by atoms with van der Waals surface area (Å²) in [4.78, 5) is 12.4. The lowest BCUT2D eigenvalue weighted by Crippen LogP contribution is -2.17. The summed E-state index contributed by atoms with van der Waals surface area (Å²) in [5.74, 6) is 2.09. The Kier molecular flexibility index (Phi) is 5.78. The number of hydrogen-bond acceptors (Lipinski definition) is 8. The van der Waals surface area contributed by atoms with Gasteiger partial charge in [-0.05, 0) is 30.7 Å². The maximum atomic E-state index is 12.4. The number of hydrogen-bond donors (Lipinski definition) is 1. The second-order valence-corrected chi connectivity index (χ2v) is 8.48. The number of Topliss-reactive ketones (excluding diaryl/α,β-unsaturated/α-hetero) is 1. The highest BCUT2D eigenvalue weighted by Crippen LogP contribution is 2.31. The fourth-order valence-corrected chi connectivity index (χ4v) is 4.35. The van der Waals surface area contributed by atoms with Gasteiger partial charge in [0.15, 0.2) is 21.6 Å². The van der Waals surface area contributed by atoms with Crippen LogP contribution < -0.4 is 14.8 Å². The third-order valence-electron chi connectivity index (χ3n) is 4.15. The molecule has 0 saturated carbocycles. The molecule has 2 aromatic carbocycles. The Labute approximate surface area is 171 Å². The maximum absolute atomic E-state index is 12.4.